The first-order chi connectivity index (χ1) is 14.6. The van der Waals surface area contributed by atoms with E-state index >= 15 is 0 Å². The summed E-state index contributed by atoms with van der Waals surface area (Å²) in [5.74, 6) is 1.14. The molecule has 1 amide bonds. The first-order valence-electron chi connectivity index (χ1n) is 11.9. The second-order valence-electron chi connectivity index (χ2n) is 8.02. The van der Waals surface area contributed by atoms with E-state index in [0.717, 1.165) is 56.6 Å². The maximum atomic E-state index is 13.0. The van der Waals surface area contributed by atoms with Crippen LogP contribution in [0.15, 0.2) is 30.3 Å². The fourth-order valence-electron chi connectivity index (χ4n) is 3.78. The highest BCUT2D eigenvalue weighted by molar-refractivity contribution is 5.76. The monoisotopic (exact) mass is 416 g/mol. The minimum Gasteiger partial charge on any atom is -0.496 e. The molecular weight excluding hydrogens is 372 g/mol. The summed E-state index contributed by atoms with van der Waals surface area (Å²) in [6, 6.07) is 8.24. The first-order valence-corrected chi connectivity index (χ1v) is 11.9. The van der Waals surface area contributed by atoms with Crippen LogP contribution in [0.1, 0.15) is 78.2 Å². The average Bonchev–Trinajstić information content (AvgIpc) is 2.77. The summed E-state index contributed by atoms with van der Waals surface area (Å²) in [4.78, 5) is 17.5. The molecule has 0 bridgehead atoms. The third-order valence-electron chi connectivity index (χ3n) is 5.83. The van der Waals surface area contributed by atoms with Gasteiger partial charge in [-0.15, -0.1) is 0 Å². The Morgan fingerprint density at radius 3 is 2.47 bits per heavy atom. The molecule has 0 spiro atoms. The van der Waals surface area contributed by atoms with Crippen LogP contribution in [0.3, 0.4) is 0 Å². The molecule has 0 heterocycles. The Morgan fingerprint density at radius 2 is 1.80 bits per heavy atom. The minimum absolute atomic E-state index is 0.251. The van der Waals surface area contributed by atoms with E-state index in [2.05, 4.69) is 49.6 Å². The molecule has 170 valence electrons. The Morgan fingerprint density at radius 1 is 1.07 bits per heavy atom. The van der Waals surface area contributed by atoms with Gasteiger partial charge in [0.25, 0.3) is 0 Å². The number of methoxy groups -OCH3 is 1. The molecule has 0 aliphatic heterocycles. The quantitative estimate of drug-likeness (QED) is 0.309. The number of ether oxygens (including phenoxy) is 1. The SMILES string of the molecule is CCCCCCC(=O)N(C/C=C/c1ccccc1OC)C(C)CCCN(CC)CC. The van der Waals surface area contributed by atoms with Crippen LogP contribution >= 0.6 is 0 Å². The van der Waals surface area contributed by atoms with Crippen molar-refractivity contribution in [2.75, 3.05) is 33.3 Å². The Balaban J connectivity index is 2.73. The smallest absolute Gasteiger partial charge is 0.223 e. The van der Waals surface area contributed by atoms with Gasteiger partial charge in [0.15, 0.2) is 0 Å². The number of nitrogens with zero attached hydrogens (tertiary/aromatic N) is 2. The molecule has 0 radical (unpaired) electrons. The molecule has 4 nitrogen and oxygen atoms in total. The zero-order valence-corrected chi connectivity index (χ0v) is 20.0. The van der Waals surface area contributed by atoms with Crippen LogP contribution in [0.5, 0.6) is 5.75 Å². The van der Waals surface area contributed by atoms with Gasteiger partial charge < -0.3 is 14.5 Å². The van der Waals surface area contributed by atoms with Crippen molar-refractivity contribution in [3.05, 3.63) is 35.9 Å². The van der Waals surface area contributed by atoms with Crippen molar-refractivity contribution in [2.45, 2.75) is 78.7 Å². The predicted octanol–water partition coefficient (Wildman–Crippen LogP) is 6.02. The molecule has 0 aliphatic carbocycles. The lowest BCUT2D eigenvalue weighted by Gasteiger charge is -2.29. The third kappa shape index (κ3) is 9.80. The van der Waals surface area contributed by atoms with Crippen LogP contribution in [0, 0.1) is 0 Å². The van der Waals surface area contributed by atoms with E-state index in [-0.39, 0.29) is 11.9 Å². The predicted molar refractivity (Wildman–Crippen MR) is 129 cm³/mol. The zero-order valence-electron chi connectivity index (χ0n) is 20.0. The van der Waals surface area contributed by atoms with Crippen molar-refractivity contribution in [3.63, 3.8) is 0 Å². The third-order valence-corrected chi connectivity index (χ3v) is 5.83. The van der Waals surface area contributed by atoms with Gasteiger partial charge >= 0.3 is 0 Å². The first kappa shape index (κ1) is 26.2. The summed E-state index contributed by atoms with van der Waals surface area (Å²) in [5.41, 5.74) is 1.05. The van der Waals surface area contributed by atoms with E-state index < -0.39 is 0 Å². The second kappa shape index (κ2) is 16.0. The van der Waals surface area contributed by atoms with Gasteiger partial charge in [-0.05, 0) is 51.9 Å². The average molecular weight is 417 g/mol. The van der Waals surface area contributed by atoms with Crippen LogP contribution in [0.25, 0.3) is 6.08 Å². The Kier molecular flexibility index (Phi) is 13.9. The number of rotatable bonds is 16. The summed E-state index contributed by atoms with van der Waals surface area (Å²) in [5, 5.41) is 0. The molecule has 4 heteroatoms. The van der Waals surface area contributed by atoms with Gasteiger partial charge in [-0.25, -0.2) is 0 Å². The Hall–Kier alpha value is -1.81. The topological polar surface area (TPSA) is 32.8 Å². The number of hydrogen-bond acceptors (Lipinski definition) is 3. The number of amides is 1. The van der Waals surface area contributed by atoms with Crippen LogP contribution in [0.2, 0.25) is 0 Å². The van der Waals surface area contributed by atoms with E-state index in [1.54, 1.807) is 7.11 Å². The lowest BCUT2D eigenvalue weighted by atomic mass is 10.1. The summed E-state index contributed by atoms with van der Waals surface area (Å²) >= 11 is 0. The lowest BCUT2D eigenvalue weighted by Crippen LogP contribution is -2.39. The highest BCUT2D eigenvalue weighted by Gasteiger charge is 2.18. The molecule has 0 aromatic heterocycles. The zero-order chi connectivity index (χ0) is 22.2. The van der Waals surface area contributed by atoms with Gasteiger partial charge in [-0.2, -0.15) is 0 Å². The number of unbranched alkanes of at least 4 members (excludes halogenated alkanes) is 3. The van der Waals surface area contributed by atoms with Gasteiger partial charge in [0, 0.05) is 24.6 Å². The molecule has 0 aliphatic rings. The molecule has 1 unspecified atom stereocenters. The normalized spacial score (nSPS) is 12.5. The van der Waals surface area contributed by atoms with E-state index in [4.69, 9.17) is 4.74 Å². The van der Waals surface area contributed by atoms with E-state index in [1.807, 2.05) is 24.3 Å². The van der Waals surface area contributed by atoms with Gasteiger partial charge in [-0.1, -0.05) is 70.4 Å². The van der Waals surface area contributed by atoms with Crippen molar-refractivity contribution in [2.24, 2.45) is 0 Å². The fourth-order valence-corrected chi connectivity index (χ4v) is 3.78. The fraction of sp³-hybridized carbons (Fsp3) is 0.654. The molecule has 0 saturated heterocycles. The summed E-state index contributed by atoms with van der Waals surface area (Å²) in [6.45, 7) is 12.8. The Labute approximate surface area is 185 Å². The second-order valence-corrected chi connectivity index (χ2v) is 8.02. The van der Waals surface area contributed by atoms with Crippen molar-refractivity contribution >= 4 is 12.0 Å². The number of benzene rings is 1. The molecule has 1 rings (SSSR count). The van der Waals surface area contributed by atoms with Crippen molar-refractivity contribution in [1.82, 2.24) is 9.80 Å². The molecule has 0 N–H and O–H groups in total. The molecule has 1 atom stereocenters. The highest BCUT2D eigenvalue weighted by Crippen LogP contribution is 2.19. The van der Waals surface area contributed by atoms with Gasteiger partial charge in [0.05, 0.1) is 7.11 Å². The summed E-state index contributed by atoms with van der Waals surface area (Å²) in [6.07, 6.45) is 11.5. The number of carbonyl (C=O) groups excluding carboxylic acids is 1. The van der Waals surface area contributed by atoms with Crippen molar-refractivity contribution in [3.8, 4) is 5.75 Å². The summed E-state index contributed by atoms with van der Waals surface area (Å²) in [7, 11) is 1.69. The molecule has 0 fully saturated rings. The number of carbonyl (C=O) groups is 1. The lowest BCUT2D eigenvalue weighted by molar-refractivity contribution is -0.132. The van der Waals surface area contributed by atoms with Crippen LogP contribution in [0.4, 0.5) is 0 Å². The molecule has 1 aromatic rings. The standard InChI is InChI=1S/C26H44N2O2/c1-6-9-10-11-20-26(29)28(23(4)16-14-21-27(7-2)8-3)22-15-18-24-17-12-13-19-25(24)30-5/h12-13,15,17-19,23H,6-11,14,16,20-22H2,1-5H3/b18-15+. The summed E-state index contributed by atoms with van der Waals surface area (Å²) < 4.78 is 5.43. The van der Waals surface area contributed by atoms with Gasteiger partial charge in [0.1, 0.15) is 5.75 Å². The largest absolute Gasteiger partial charge is 0.496 e. The highest BCUT2D eigenvalue weighted by atomic mass is 16.5. The van der Waals surface area contributed by atoms with Crippen LogP contribution < -0.4 is 4.74 Å². The van der Waals surface area contributed by atoms with Gasteiger partial charge in [-0.3, -0.25) is 4.79 Å². The maximum absolute atomic E-state index is 13.0. The van der Waals surface area contributed by atoms with Crippen LogP contribution in [-0.4, -0.2) is 55.0 Å². The minimum atomic E-state index is 0.251. The molecular formula is C26H44N2O2. The van der Waals surface area contributed by atoms with Crippen molar-refractivity contribution < 1.29 is 9.53 Å². The van der Waals surface area contributed by atoms with E-state index in [1.165, 1.54) is 12.8 Å². The van der Waals surface area contributed by atoms with Crippen LogP contribution in [-0.2, 0) is 4.79 Å². The molecule has 30 heavy (non-hydrogen) atoms. The molecule has 1 aromatic carbocycles. The number of hydrogen-bond donors (Lipinski definition) is 0. The van der Waals surface area contributed by atoms with E-state index in [0.29, 0.717) is 13.0 Å². The maximum Gasteiger partial charge on any atom is 0.223 e. The van der Waals surface area contributed by atoms with E-state index in [9.17, 15) is 4.79 Å². The van der Waals surface area contributed by atoms with Crippen molar-refractivity contribution in [1.29, 1.82) is 0 Å². The molecule has 0 saturated carbocycles. The Bertz CT molecular complexity index is 611. The number of para-hydroxylation sites is 1. The van der Waals surface area contributed by atoms with Gasteiger partial charge in [0.2, 0.25) is 5.91 Å².